The number of hydrogen-bond donors (Lipinski definition) is 1. The molecule has 1 aromatic rings. The summed E-state index contributed by atoms with van der Waals surface area (Å²) in [6.07, 6.45) is 5.61. The van der Waals surface area contributed by atoms with Crippen LogP contribution in [0.2, 0.25) is 0 Å². The molecule has 94 valence electrons. The van der Waals surface area contributed by atoms with Crippen LogP contribution in [0.15, 0.2) is 6.33 Å². The quantitative estimate of drug-likeness (QED) is 0.816. The number of aromatic nitrogens is 3. The molecule has 0 bridgehead atoms. The van der Waals surface area contributed by atoms with Crippen LogP contribution in [-0.2, 0) is 13.1 Å². The van der Waals surface area contributed by atoms with Gasteiger partial charge in [0.15, 0.2) is 0 Å². The van der Waals surface area contributed by atoms with Gasteiger partial charge in [0.05, 0.1) is 6.54 Å². The lowest BCUT2D eigenvalue weighted by atomic mass is 9.93. The number of fused-ring (bicyclic) bond motifs is 1. The van der Waals surface area contributed by atoms with Crippen molar-refractivity contribution in [2.75, 3.05) is 13.1 Å². The molecular formula is C12H21N5. The molecule has 1 aliphatic heterocycles. The fraction of sp³-hybridized carbons (Fsp3) is 0.833. The smallest absolute Gasteiger partial charge is 0.147 e. The zero-order valence-electron chi connectivity index (χ0n) is 10.5. The minimum atomic E-state index is 0.219. The van der Waals surface area contributed by atoms with Gasteiger partial charge in [-0.3, -0.25) is 4.90 Å². The second-order valence-corrected chi connectivity index (χ2v) is 5.64. The molecule has 3 rings (SSSR count). The summed E-state index contributed by atoms with van der Waals surface area (Å²) in [5.41, 5.74) is 6.29. The van der Waals surface area contributed by atoms with Crippen LogP contribution in [0.25, 0.3) is 0 Å². The van der Waals surface area contributed by atoms with Crippen LogP contribution in [-0.4, -0.2) is 38.3 Å². The predicted molar refractivity (Wildman–Crippen MR) is 65.2 cm³/mol. The van der Waals surface area contributed by atoms with Gasteiger partial charge in [0, 0.05) is 25.2 Å². The third-order valence-corrected chi connectivity index (χ3v) is 4.52. The van der Waals surface area contributed by atoms with Crippen molar-refractivity contribution in [2.24, 2.45) is 11.7 Å². The van der Waals surface area contributed by atoms with Crippen molar-refractivity contribution < 1.29 is 0 Å². The minimum Gasteiger partial charge on any atom is -0.329 e. The Morgan fingerprint density at radius 2 is 2.41 bits per heavy atom. The van der Waals surface area contributed by atoms with E-state index in [0.717, 1.165) is 37.9 Å². The highest BCUT2D eigenvalue weighted by atomic mass is 15.3. The summed E-state index contributed by atoms with van der Waals surface area (Å²) in [6, 6.07) is 0. The minimum absolute atomic E-state index is 0.219. The Morgan fingerprint density at radius 3 is 3.12 bits per heavy atom. The van der Waals surface area contributed by atoms with Gasteiger partial charge in [-0.05, 0) is 25.2 Å². The van der Waals surface area contributed by atoms with Crippen molar-refractivity contribution in [1.29, 1.82) is 0 Å². The first-order chi connectivity index (χ1) is 8.23. The Labute approximate surface area is 102 Å². The highest BCUT2D eigenvalue weighted by Crippen LogP contribution is 2.39. The average molecular weight is 235 g/mol. The second-order valence-electron chi connectivity index (χ2n) is 5.64. The van der Waals surface area contributed by atoms with Crippen molar-refractivity contribution in [3.63, 3.8) is 0 Å². The molecule has 2 unspecified atom stereocenters. The maximum atomic E-state index is 6.07. The molecule has 0 aromatic carbocycles. The third kappa shape index (κ3) is 1.77. The Hall–Kier alpha value is -0.940. The zero-order valence-corrected chi connectivity index (χ0v) is 10.5. The van der Waals surface area contributed by atoms with E-state index in [4.69, 9.17) is 5.73 Å². The maximum Gasteiger partial charge on any atom is 0.147 e. The molecule has 0 spiro atoms. The van der Waals surface area contributed by atoms with Crippen molar-refractivity contribution in [3.8, 4) is 0 Å². The summed E-state index contributed by atoms with van der Waals surface area (Å²) in [4.78, 5) is 2.54. The van der Waals surface area contributed by atoms with E-state index in [9.17, 15) is 0 Å². The molecule has 5 heteroatoms. The standard InChI is InChI=1S/C12H21N5/c1-10-2-3-12(6-10,8-13)17-5-4-16-9-14-15-11(16)7-17/h9-10H,2-8,13H2,1H3. The van der Waals surface area contributed by atoms with Gasteiger partial charge in [0.1, 0.15) is 12.2 Å². The summed E-state index contributed by atoms with van der Waals surface area (Å²) < 4.78 is 2.15. The third-order valence-electron chi connectivity index (χ3n) is 4.52. The van der Waals surface area contributed by atoms with Crippen LogP contribution in [0, 0.1) is 5.92 Å². The fourth-order valence-corrected chi connectivity index (χ4v) is 3.44. The van der Waals surface area contributed by atoms with Crippen LogP contribution in [0.3, 0.4) is 0 Å². The van der Waals surface area contributed by atoms with Crippen LogP contribution in [0.1, 0.15) is 32.0 Å². The van der Waals surface area contributed by atoms with Gasteiger partial charge in [0.25, 0.3) is 0 Å². The van der Waals surface area contributed by atoms with Crippen molar-refractivity contribution in [1.82, 2.24) is 19.7 Å². The number of nitrogens with two attached hydrogens (primary N) is 1. The molecule has 0 radical (unpaired) electrons. The molecule has 1 saturated carbocycles. The Bertz CT molecular complexity index is 401. The van der Waals surface area contributed by atoms with E-state index >= 15 is 0 Å². The summed E-state index contributed by atoms with van der Waals surface area (Å²) in [6.45, 7) is 6.09. The largest absolute Gasteiger partial charge is 0.329 e. The maximum absolute atomic E-state index is 6.07. The Morgan fingerprint density at radius 1 is 1.53 bits per heavy atom. The number of nitrogens with zero attached hydrogens (tertiary/aromatic N) is 4. The summed E-state index contributed by atoms with van der Waals surface area (Å²) >= 11 is 0. The van der Waals surface area contributed by atoms with Crippen LogP contribution < -0.4 is 5.73 Å². The van der Waals surface area contributed by atoms with E-state index in [-0.39, 0.29) is 5.54 Å². The van der Waals surface area contributed by atoms with Crippen molar-refractivity contribution in [3.05, 3.63) is 12.2 Å². The van der Waals surface area contributed by atoms with Crippen molar-refractivity contribution >= 4 is 0 Å². The Balaban J connectivity index is 1.81. The average Bonchev–Trinajstić information content (AvgIpc) is 2.94. The highest BCUT2D eigenvalue weighted by molar-refractivity contribution is 5.02. The van der Waals surface area contributed by atoms with Gasteiger partial charge < -0.3 is 10.3 Å². The number of rotatable bonds is 2. The van der Waals surface area contributed by atoms with Gasteiger partial charge >= 0.3 is 0 Å². The van der Waals surface area contributed by atoms with Crippen LogP contribution in [0.5, 0.6) is 0 Å². The van der Waals surface area contributed by atoms with Crippen LogP contribution in [0.4, 0.5) is 0 Å². The van der Waals surface area contributed by atoms with Crippen molar-refractivity contribution in [2.45, 2.75) is 44.8 Å². The van der Waals surface area contributed by atoms with E-state index in [1.54, 1.807) is 0 Å². The molecule has 2 heterocycles. The predicted octanol–water partition coefficient (Wildman–Crippen LogP) is 0.611. The molecule has 1 aromatic heterocycles. The molecular weight excluding hydrogens is 214 g/mol. The van der Waals surface area contributed by atoms with Gasteiger partial charge in [-0.2, -0.15) is 0 Å². The van der Waals surface area contributed by atoms with Gasteiger partial charge in [-0.1, -0.05) is 6.92 Å². The first-order valence-corrected chi connectivity index (χ1v) is 6.55. The van der Waals surface area contributed by atoms with Crippen LogP contribution >= 0.6 is 0 Å². The lowest BCUT2D eigenvalue weighted by molar-refractivity contribution is 0.0650. The zero-order chi connectivity index (χ0) is 11.9. The molecule has 2 N–H and O–H groups in total. The van der Waals surface area contributed by atoms with Gasteiger partial charge in [0.2, 0.25) is 0 Å². The lowest BCUT2D eigenvalue weighted by Crippen LogP contribution is -2.54. The first kappa shape index (κ1) is 11.2. The molecule has 2 aliphatic rings. The second kappa shape index (κ2) is 4.07. The number of hydrogen-bond acceptors (Lipinski definition) is 4. The SMILES string of the molecule is CC1CCC(CN)(N2CCn3cnnc3C2)C1. The highest BCUT2D eigenvalue weighted by Gasteiger charge is 2.42. The Kier molecular flexibility index (Phi) is 2.67. The normalized spacial score (nSPS) is 33.9. The monoisotopic (exact) mass is 235 g/mol. The molecule has 2 atom stereocenters. The molecule has 0 amide bonds. The van der Waals surface area contributed by atoms with E-state index in [1.807, 2.05) is 6.33 Å². The van der Waals surface area contributed by atoms with E-state index < -0.39 is 0 Å². The molecule has 17 heavy (non-hydrogen) atoms. The topological polar surface area (TPSA) is 60.0 Å². The van der Waals surface area contributed by atoms with E-state index in [2.05, 4.69) is 26.6 Å². The molecule has 0 saturated heterocycles. The van der Waals surface area contributed by atoms with Gasteiger partial charge in [-0.25, -0.2) is 0 Å². The lowest BCUT2D eigenvalue weighted by Gasteiger charge is -2.42. The molecule has 1 aliphatic carbocycles. The van der Waals surface area contributed by atoms with E-state index in [1.165, 1.54) is 19.3 Å². The molecule has 5 nitrogen and oxygen atoms in total. The summed E-state index contributed by atoms with van der Waals surface area (Å²) in [5.74, 6) is 1.89. The molecule has 1 fully saturated rings. The fourth-order valence-electron chi connectivity index (χ4n) is 3.44. The summed E-state index contributed by atoms with van der Waals surface area (Å²) in [5, 5.41) is 8.18. The summed E-state index contributed by atoms with van der Waals surface area (Å²) in [7, 11) is 0. The van der Waals surface area contributed by atoms with E-state index in [0.29, 0.717) is 0 Å². The first-order valence-electron chi connectivity index (χ1n) is 6.55. The van der Waals surface area contributed by atoms with Gasteiger partial charge in [-0.15, -0.1) is 10.2 Å².